The lowest BCUT2D eigenvalue weighted by atomic mass is 9.97. The number of rotatable bonds is 10. The SMILES string of the molecule is COc1ccccc1CCN1CCC[C@@H](CN(C)C(=O)CCCn2cncn2)C1. The molecule has 2 heterocycles. The highest BCUT2D eigenvalue weighted by Gasteiger charge is 2.22. The summed E-state index contributed by atoms with van der Waals surface area (Å²) in [7, 11) is 3.67. The van der Waals surface area contributed by atoms with Crippen LogP contribution in [0.1, 0.15) is 31.2 Å². The Morgan fingerprint density at radius 1 is 1.31 bits per heavy atom. The molecular weight excluding hydrogens is 366 g/mol. The molecule has 0 spiro atoms. The number of aryl methyl sites for hydroxylation is 1. The van der Waals surface area contributed by atoms with Gasteiger partial charge in [0.25, 0.3) is 0 Å². The fourth-order valence-corrected chi connectivity index (χ4v) is 4.11. The highest BCUT2D eigenvalue weighted by atomic mass is 16.5. The molecule has 0 radical (unpaired) electrons. The van der Waals surface area contributed by atoms with Crippen molar-refractivity contribution in [1.82, 2.24) is 24.6 Å². The van der Waals surface area contributed by atoms with Gasteiger partial charge >= 0.3 is 0 Å². The van der Waals surface area contributed by atoms with Crippen molar-refractivity contribution in [3.63, 3.8) is 0 Å². The van der Waals surface area contributed by atoms with Crippen LogP contribution < -0.4 is 4.74 Å². The van der Waals surface area contributed by atoms with Crippen LogP contribution in [0.15, 0.2) is 36.9 Å². The summed E-state index contributed by atoms with van der Waals surface area (Å²) in [5.41, 5.74) is 1.26. The van der Waals surface area contributed by atoms with E-state index in [9.17, 15) is 4.79 Å². The molecule has 7 heteroatoms. The Kier molecular flexibility index (Phi) is 8.04. The first-order chi connectivity index (χ1) is 14.2. The van der Waals surface area contributed by atoms with Crippen LogP contribution in [0.2, 0.25) is 0 Å². The van der Waals surface area contributed by atoms with Gasteiger partial charge in [-0.1, -0.05) is 18.2 Å². The Hall–Kier alpha value is -2.41. The molecule has 1 fully saturated rings. The number of benzene rings is 1. The number of para-hydroxylation sites is 1. The number of likely N-dealkylation sites (tertiary alicyclic amines) is 1. The number of amides is 1. The minimum atomic E-state index is 0.219. The number of nitrogens with zero attached hydrogens (tertiary/aromatic N) is 5. The third-order valence-corrected chi connectivity index (χ3v) is 5.70. The number of hydrogen-bond acceptors (Lipinski definition) is 5. The molecule has 1 aliphatic rings. The monoisotopic (exact) mass is 399 g/mol. The largest absolute Gasteiger partial charge is 0.496 e. The van der Waals surface area contributed by atoms with E-state index < -0.39 is 0 Å². The van der Waals surface area contributed by atoms with Crippen LogP contribution in [0, 0.1) is 5.92 Å². The van der Waals surface area contributed by atoms with Gasteiger partial charge in [-0.3, -0.25) is 9.48 Å². The third-order valence-electron chi connectivity index (χ3n) is 5.70. The zero-order valence-electron chi connectivity index (χ0n) is 17.7. The standard InChI is InChI=1S/C22H33N5O2/c1-25(22(28)10-6-13-27-18-23-17-24-27)15-19-7-5-12-26(16-19)14-11-20-8-3-4-9-21(20)29-2/h3-4,8-9,17-19H,5-7,10-16H2,1-2H3/t19-/m0/s1. The molecule has 29 heavy (non-hydrogen) atoms. The average molecular weight is 400 g/mol. The van der Waals surface area contributed by atoms with Gasteiger partial charge in [-0.2, -0.15) is 5.10 Å². The second-order valence-electron chi connectivity index (χ2n) is 7.91. The molecule has 0 aliphatic carbocycles. The molecule has 0 bridgehead atoms. The molecule has 2 aromatic rings. The molecular formula is C22H33N5O2. The Balaban J connectivity index is 1.39. The average Bonchev–Trinajstić information content (AvgIpc) is 3.26. The van der Waals surface area contributed by atoms with E-state index in [2.05, 4.69) is 27.1 Å². The number of carbonyl (C=O) groups excluding carboxylic acids is 1. The van der Waals surface area contributed by atoms with Gasteiger partial charge in [-0.05, 0) is 49.8 Å². The van der Waals surface area contributed by atoms with Gasteiger partial charge in [0.15, 0.2) is 0 Å². The maximum Gasteiger partial charge on any atom is 0.222 e. The van der Waals surface area contributed by atoms with Crippen molar-refractivity contribution in [3.8, 4) is 5.75 Å². The van der Waals surface area contributed by atoms with E-state index in [1.54, 1.807) is 18.1 Å². The van der Waals surface area contributed by atoms with Crippen LogP contribution in [-0.4, -0.2) is 70.8 Å². The molecule has 7 nitrogen and oxygen atoms in total. The number of methoxy groups -OCH3 is 1. The van der Waals surface area contributed by atoms with Crippen molar-refractivity contribution >= 4 is 5.91 Å². The summed E-state index contributed by atoms with van der Waals surface area (Å²) in [5, 5.41) is 4.08. The number of carbonyl (C=O) groups is 1. The van der Waals surface area contributed by atoms with Crippen LogP contribution in [0.5, 0.6) is 5.75 Å². The summed E-state index contributed by atoms with van der Waals surface area (Å²) in [5.74, 6) is 1.74. The van der Waals surface area contributed by atoms with E-state index in [1.807, 2.05) is 24.1 Å². The predicted molar refractivity (Wildman–Crippen MR) is 113 cm³/mol. The lowest BCUT2D eigenvalue weighted by Crippen LogP contribution is -2.42. The zero-order chi connectivity index (χ0) is 20.5. The minimum absolute atomic E-state index is 0.219. The lowest BCUT2D eigenvalue weighted by molar-refractivity contribution is -0.130. The van der Waals surface area contributed by atoms with Crippen molar-refractivity contribution in [2.45, 2.75) is 38.6 Å². The van der Waals surface area contributed by atoms with Crippen LogP contribution in [-0.2, 0) is 17.8 Å². The van der Waals surface area contributed by atoms with E-state index in [0.717, 1.165) is 51.3 Å². The van der Waals surface area contributed by atoms with Crippen molar-refractivity contribution in [2.75, 3.05) is 40.3 Å². The predicted octanol–water partition coefficient (Wildman–Crippen LogP) is 2.48. The van der Waals surface area contributed by atoms with Gasteiger partial charge in [-0.15, -0.1) is 0 Å². The molecule has 158 valence electrons. The lowest BCUT2D eigenvalue weighted by Gasteiger charge is -2.35. The topological polar surface area (TPSA) is 63.5 Å². The molecule has 1 amide bonds. The maximum atomic E-state index is 12.5. The first kappa shape index (κ1) is 21.3. The second-order valence-corrected chi connectivity index (χ2v) is 7.91. The normalized spacial score (nSPS) is 17.2. The fraction of sp³-hybridized carbons (Fsp3) is 0.591. The molecule has 1 saturated heterocycles. The Morgan fingerprint density at radius 2 is 2.17 bits per heavy atom. The van der Waals surface area contributed by atoms with E-state index in [0.29, 0.717) is 12.3 Å². The molecule has 1 atom stereocenters. The number of aromatic nitrogens is 3. The Morgan fingerprint density at radius 3 is 2.97 bits per heavy atom. The summed E-state index contributed by atoms with van der Waals surface area (Å²) in [6.07, 6.45) is 7.95. The van der Waals surface area contributed by atoms with Crippen molar-refractivity contribution in [1.29, 1.82) is 0 Å². The third kappa shape index (κ3) is 6.56. The molecule has 1 aromatic carbocycles. The first-order valence-electron chi connectivity index (χ1n) is 10.6. The van der Waals surface area contributed by atoms with E-state index in [4.69, 9.17) is 4.74 Å². The van der Waals surface area contributed by atoms with Gasteiger partial charge in [0.05, 0.1) is 7.11 Å². The minimum Gasteiger partial charge on any atom is -0.496 e. The molecule has 0 unspecified atom stereocenters. The summed E-state index contributed by atoms with van der Waals surface area (Å²) in [6, 6.07) is 8.25. The van der Waals surface area contributed by atoms with E-state index in [-0.39, 0.29) is 5.91 Å². The highest BCUT2D eigenvalue weighted by Crippen LogP contribution is 2.21. The number of ether oxygens (including phenoxy) is 1. The fourth-order valence-electron chi connectivity index (χ4n) is 4.11. The van der Waals surface area contributed by atoms with Gasteiger partial charge in [0.1, 0.15) is 18.4 Å². The van der Waals surface area contributed by atoms with Gasteiger partial charge in [0, 0.05) is 39.6 Å². The summed E-state index contributed by atoms with van der Waals surface area (Å²) >= 11 is 0. The number of hydrogen-bond donors (Lipinski definition) is 0. The van der Waals surface area contributed by atoms with Crippen LogP contribution in [0.3, 0.4) is 0 Å². The van der Waals surface area contributed by atoms with E-state index >= 15 is 0 Å². The molecule has 0 saturated carbocycles. The van der Waals surface area contributed by atoms with Crippen LogP contribution >= 0.6 is 0 Å². The summed E-state index contributed by atoms with van der Waals surface area (Å²) < 4.78 is 7.24. The van der Waals surface area contributed by atoms with Crippen molar-refractivity contribution in [2.24, 2.45) is 5.92 Å². The van der Waals surface area contributed by atoms with Gasteiger partial charge < -0.3 is 14.5 Å². The molecule has 1 aromatic heterocycles. The summed E-state index contributed by atoms with van der Waals surface area (Å²) in [6.45, 7) is 4.81. The number of piperidine rings is 1. The first-order valence-corrected chi connectivity index (χ1v) is 10.6. The molecule has 3 rings (SSSR count). The smallest absolute Gasteiger partial charge is 0.222 e. The van der Waals surface area contributed by atoms with Gasteiger partial charge in [-0.25, -0.2) is 4.98 Å². The van der Waals surface area contributed by atoms with Crippen LogP contribution in [0.25, 0.3) is 0 Å². The molecule has 0 N–H and O–H groups in total. The van der Waals surface area contributed by atoms with E-state index in [1.165, 1.54) is 24.7 Å². The van der Waals surface area contributed by atoms with Gasteiger partial charge in [0.2, 0.25) is 5.91 Å². The molecule has 1 aliphatic heterocycles. The Labute approximate surface area is 173 Å². The zero-order valence-corrected chi connectivity index (χ0v) is 17.7. The Bertz CT molecular complexity index is 749. The van der Waals surface area contributed by atoms with Crippen molar-refractivity contribution < 1.29 is 9.53 Å². The van der Waals surface area contributed by atoms with Crippen LogP contribution in [0.4, 0.5) is 0 Å². The highest BCUT2D eigenvalue weighted by molar-refractivity contribution is 5.75. The quantitative estimate of drug-likeness (QED) is 0.614. The maximum absolute atomic E-state index is 12.5. The summed E-state index contributed by atoms with van der Waals surface area (Å²) in [4.78, 5) is 20.8. The second kappa shape index (κ2) is 11.0. The van der Waals surface area contributed by atoms with Crippen molar-refractivity contribution in [3.05, 3.63) is 42.5 Å².